The third kappa shape index (κ3) is 2.94. The summed E-state index contributed by atoms with van der Waals surface area (Å²) >= 11 is 11.5. The summed E-state index contributed by atoms with van der Waals surface area (Å²) in [6.45, 7) is 0. The van der Waals surface area contributed by atoms with E-state index in [1.54, 1.807) is 6.07 Å². The lowest BCUT2D eigenvalue weighted by Crippen LogP contribution is -2.01. The Kier molecular flexibility index (Phi) is 3.87. The van der Waals surface area contributed by atoms with Crippen LogP contribution >= 0.6 is 23.2 Å². The van der Waals surface area contributed by atoms with Crippen molar-refractivity contribution in [3.05, 3.63) is 51.9 Å². The van der Waals surface area contributed by atoms with E-state index in [-0.39, 0.29) is 27.1 Å². The van der Waals surface area contributed by atoms with Crippen LogP contribution in [0.15, 0.2) is 30.5 Å². The number of anilines is 2. The number of hydrogen-bond donors (Lipinski definition) is 2. The maximum absolute atomic E-state index is 13.7. The van der Waals surface area contributed by atoms with Crippen molar-refractivity contribution in [2.75, 3.05) is 5.32 Å². The number of pyridine rings is 1. The van der Waals surface area contributed by atoms with Crippen LogP contribution in [-0.2, 0) is 0 Å². The summed E-state index contributed by atoms with van der Waals surface area (Å²) in [5.74, 6) is -1.63. The van der Waals surface area contributed by atoms with E-state index in [0.717, 1.165) is 6.20 Å². The van der Waals surface area contributed by atoms with Gasteiger partial charge in [0.25, 0.3) is 0 Å². The van der Waals surface area contributed by atoms with E-state index in [9.17, 15) is 9.18 Å². The number of halogens is 3. The van der Waals surface area contributed by atoms with Gasteiger partial charge in [-0.3, -0.25) is 0 Å². The molecule has 19 heavy (non-hydrogen) atoms. The summed E-state index contributed by atoms with van der Waals surface area (Å²) in [5, 5.41) is 11.5. The van der Waals surface area contributed by atoms with Gasteiger partial charge < -0.3 is 10.4 Å². The largest absolute Gasteiger partial charge is 0.478 e. The molecule has 7 heteroatoms. The van der Waals surface area contributed by atoms with Crippen LogP contribution in [0.2, 0.25) is 10.0 Å². The van der Waals surface area contributed by atoms with Gasteiger partial charge in [-0.1, -0.05) is 29.3 Å². The van der Waals surface area contributed by atoms with Gasteiger partial charge in [0.15, 0.2) is 5.82 Å². The van der Waals surface area contributed by atoms with Crippen molar-refractivity contribution in [2.24, 2.45) is 0 Å². The van der Waals surface area contributed by atoms with E-state index in [2.05, 4.69) is 10.3 Å². The third-order valence-electron chi connectivity index (χ3n) is 2.29. The molecule has 0 spiro atoms. The van der Waals surface area contributed by atoms with Crippen LogP contribution < -0.4 is 5.32 Å². The van der Waals surface area contributed by atoms with Crippen LogP contribution in [0.1, 0.15) is 10.4 Å². The summed E-state index contributed by atoms with van der Waals surface area (Å²) in [6.07, 6.45) is 1.12. The summed E-state index contributed by atoms with van der Waals surface area (Å²) in [5.41, 5.74) is 0.0482. The molecule has 2 aromatic rings. The highest BCUT2D eigenvalue weighted by Gasteiger charge is 2.11. The second kappa shape index (κ2) is 5.42. The molecule has 1 heterocycles. The fourth-order valence-corrected chi connectivity index (χ4v) is 1.76. The van der Waals surface area contributed by atoms with Gasteiger partial charge in [0.05, 0.1) is 21.3 Å². The van der Waals surface area contributed by atoms with Crippen molar-refractivity contribution in [1.29, 1.82) is 0 Å². The molecule has 0 fully saturated rings. The monoisotopic (exact) mass is 300 g/mol. The molecule has 0 aliphatic carbocycles. The lowest BCUT2D eigenvalue weighted by atomic mass is 10.2. The molecule has 0 unspecified atom stereocenters. The van der Waals surface area contributed by atoms with Crippen molar-refractivity contribution in [3.63, 3.8) is 0 Å². The molecule has 0 saturated heterocycles. The number of aromatic carboxylic acids is 1. The number of hydrogen-bond acceptors (Lipinski definition) is 3. The summed E-state index contributed by atoms with van der Waals surface area (Å²) < 4.78 is 13.7. The molecular weight excluding hydrogens is 294 g/mol. The zero-order valence-corrected chi connectivity index (χ0v) is 10.8. The molecule has 0 amide bonds. The van der Waals surface area contributed by atoms with Crippen molar-refractivity contribution in [2.45, 2.75) is 0 Å². The fraction of sp³-hybridized carbons (Fsp3) is 0. The molecule has 0 saturated carbocycles. The van der Waals surface area contributed by atoms with Crippen LogP contribution in [0.5, 0.6) is 0 Å². The SMILES string of the molecule is O=C(O)c1cnc(Nc2cccc(Cl)c2F)c(Cl)c1. The predicted octanol–water partition coefficient (Wildman–Crippen LogP) is 3.97. The maximum atomic E-state index is 13.7. The highest BCUT2D eigenvalue weighted by molar-refractivity contribution is 6.33. The molecular formula is C12H7Cl2FN2O2. The standard InChI is InChI=1S/C12H7Cl2FN2O2/c13-7-2-1-3-9(10(7)15)17-11-8(14)4-6(5-16-11)12(18)19/h1-5H,(H,16,17)(H,18,19). The summed E-state index contributed by atoms with van der Waals surface area (Å²) in [7, 11) is 0. The third-order valence-corrected chi connectivity index (χ3v) is 2.87. The van der Waals surface area contributed by atoms with E-state index in [1.165, 1.54) is 18.2 Å². The first-order valence-electron chi connectivity index (χ1n) is 5.09. The van der Waals surface area contributed by atoms with Gasteiger partial charge in [0.2, 0.25) is 0 Å². The molecule has 0 atom stereocenters. The highest BCUT2D eigenvalue weighted by atomic mass is 35.5. The lowest BCUT2D eigenvalue weighted by molar-refractivity contribution is 0.0696. The minimum Gasteiger partial charge on any atom is -0.478 e. The maximum Gasteiger partial charge on any atom is 0.337 e. The fourth-order valence-electron chi connectivity index (χ4n) is 1.37. The average molecular weight is 301 g/mol. The van der Waals surface area contributed by atoms with E-state index >= 15 is 0 Å². The van der Waals surface area contributed by atoms with Crippen LogP contribution in [-0.4, -0.2) is 16.1 Å². The minimum atomic E-state index is -1.14. The quantitative estimate of drug-likeness (QED) is 0.900. The average Bonchev–Trinajstić information content (AvgIpc) is 2.37. The van der Waals surface area contributed by atoms with Crippen molar-refractivity contribution >= 4 is 40.7 Å². The minimum absolute atomic E-state index is 0.0386. The lowest BCUT2D eigenvalue weighted by Gasteiger charge is -2.09. The van der Waals surface area contributed by atoms with Gasteiger partial charge in [0, 0.05) is 6.20 Å². The van der Waals surface area contributed by atoms with Crippen LogP contribution in [0.4, 0.5) is 15.9 Å². The summed E-state index contributed by atoms with van der Waals surface area (Å²) in [4.78, 5) is 14.6. The molecule has 2 N–H and O–H groups in total. The van der Waals surface area contributed by atoms with Crippen LogP contribution in [0.3, 0.4) is 0 Å². The molecule has 1 aromatic carbocycles. The van der Waals surface area contributed by atoms with Gasteiger partial charge in [-0.2, -0.15) is 0 Å². The zero-order valence-electron chi connectivity index (χ0n) is 9.32. The van der Waals surface area contributed by atoms with Gasteiger partial charge in [-0.25, -0.2) is 14.2 Å². The van der Waals surface area contributed by atoms with Gasteiger partial charge in [-0.15, -0.1) is 0 Å². The number of nitrogens with one attached hydrogen (secondary N) is 1. The molecule has 0 radical (unpaired) electrons. The van der Waals surface area contributed by atoms with E-state index < -0.39 is 11.8 Å². The second-order valence-corrected chi connectivity index (χ2v) is 4.40. The molecule has 4 nitrogen and oxygen atoms in total. The Labute approximate surface area is 117 Å². The van der Waals surface area contributed by atoms with Crippen molar-refractivity contribution in [3.8, 4) is 0 Å². The molecule has 0 aliphatic rings. The molecule has 0 aliphatic heterocycles. The number of carboxylic acids is 1. The Balaban J connectivity index is 2.34. The Bertz CT molecular complexity index is 650. The van der Waals surface area contributed by atoms with E-state index in [1.807, 2.05) is 0 Å². The van der Waals surface area contributed by atoms with Crippen molar-refractivity contribution < 1.29 is 14.3 Å². The zero-order chi connectivity index (χ0) is 14.0. The first-order chi connectivity index (χ1) is 8.99. The summed E-state index contributed by atoms with van der Waals surface area (Å²) in [6, 6.07) is 5.66. The normalized spacial score (nSPS) is 10.3. The number of rotatable bonds is 3. The Morgan fingerprint density at radius 2 is 2.05 bits per heavy atom. The Morgan fingerprint density at radius 1 is 1.32 bits per heavy atom. The van der Waals surface area contributed by atoms with Crippen molar-refractivity contribution in [1.82, 2.24) is 4.98 Å². The Hall–Kier alpha value is -1.85. The smallest absolute Gasteiger partial charge is 0.337 e. The van der Waals surface area contributed by atoms with Gasteiger partial charge >= 0.3 is 5.97 Å². The number of carboxylic acid groups (broad SMARTS) is 1. The first kappa shape index (κ1) is 13.6. The number of carbonyl (C=O) groups is 1. The van der Waals surface area contributed by atoms with Gasteiger partial charge in [-0.05, 0) is 18.2 Å². The highest BCUT2D eigenvalue weighted by Crippen LogP contribution is 2.28. The number of aromatic nitrogens is 1. The Morgan fingerprint density at radius 3 is 2.68 bits per heavy atom. The molecule has 98 valence electrons. The van der Waals surface area contributed by atoms with Crippen LogP contribution in [0, 0.1) is 5.82 Å². The predicted molar refractivity (Wildman–Crippen MR) is 70.9 cm³/mol. The topological polar surface area (TPSA) is 62.2 Å². The first-order valence-corrected chi connectivity index (χ1v) is 5.84. The van der Waals surface area contributed by atoms with E-state index in [4.69, 9.17) is 28.3 Å². The number of nitrogens with zero attached hydrogens (tertiary/aromatic N) is 1. The number of benzene rings is 1. The van der Waals surface area contributed by atoms with Gasteiger partial charge in [0.1, 0.15) is 5.82 Å². The molecule has 2 rings (SSSR count). The second-order valence-electron chi connectivity index (χ2n) is 3.59. The molecule has 1 aromatic heterocycles. The van der Waals surface area contributed by atoms with Crippen LogP contribution in [0.25, 0.3) is 0 Å². The molecule has 0 bridgehead atoms. The van der Waals surface area contributed by atoms with E-state index in [0.29, 0.717) is 0 Å².